The summed E-state index contributed by atoms with van der Waals surface area (Å²) in [7, 11) is 0. The van der Waals surface area contributed by atoms with E-state index in [4.69, 9.17) is 21.1 Å². The van der Waals surface area contributed by atoms with Crippen LogP contribution in [0.4, 0.5) is 0 Å². The van der Waals surface area contributed by atoms with Gasteiger partial charge in [0.1, 0.15) is 18.1 Å². The third-order valence-electron chi connectivity index (χ3n) is 4.09. The summed E-state index contributed by atoms with van der Waals surface area (Å²) >= 11 is 0. The number of hydrogen-bond donors (Lipinski definition) is 8. The van der Waals surface area contributed by atoms with Gasteiger partial charge in [0.25, 0.3) is 0 Å². The number of aliphatic carboxylic acids is 3. The molecule has 15 nitrogen and oxygen atoms in total. The monoisotopic (exact) mass is 456 g/mol. The highest BCUT2D eigenvalue weighted by molar-refractivity contribution is 5.95. The van der Waals surface area contributed by atoms with Gasteiger partial charge in [-0.2, -0.15) is 0 Å². The SMILES string of the molecule is CC(NC(=O)C(N)CC(=O)O)C(=O)NC(Cc1cnc[nH]1)C(=O)NC(CC(=O)O)C(=O)O. The fourth-order valence-corrected chi connectivity index (χ4v) is 2.44. The molecule has 15 heteroatoms. The van der Waals surface area contributed by atoms with Crippen molar-refractivity contribution in [3.8, 4) is 0 Å². The molecule has 0 fully saturated rings. The van der Waals surface area contributed by atoms with E-state index in [1.807, 2.05) is 5.32 Å². The van der Waals surface area contributed by atoms with E-state index in [2.05, 4.69) is 20.6 Å². The van der Waals surface area contributed by atoms with Crippen molar-refractivity contribution in [1.29, 1.82) is 0 Å². The maximum atomic E-state index is 12.6. The molecule has 0 aliphatic carbocycles. The normalized spacial score (nSPS) is 14.3. The van der Waals surface area contributed by atoms with Crippen molar-refractivity contribution in [3.05, 3.63) is 18.2 Å². The first-order valence-corrected chi connectivity index (χ1v) is 9.21. The lowest BCUT2D eigenvalue weighted by molar-refractivity contribution is -0.147. The molecular formula is C17H24N6O9. The summed E-state index contributed by atoms with van der Waals surface area (Å²) in [5, 5.41) is 33.2. The Kier molecular flexibility index (Phi) is 9.75. The first-order chi connectivity index (χ1) is 14.9. The first kappa shape index (κ1) is 26.0. The van der Waals surface area contributed by atoms with Crippen LogP contribution in [0.1, 0.15) is 25.5 Å². The number of nitrogens with zero attached hydrogens (tertiary/aromatic N) is 1. The summed E-state index contributed by atoms with van der Waals surface area (Å²) in [5.41, 5.74) is 5.82. The summed E-state index contributed by atoms with van der Waals surface area (Å²) in [5.74, 6) is -7.10. The van der Waals surface area contributed by atoms with Crippen molar-refractivity contribution in [2.45, 2.75) is 50.4 Å². The van der Waals surface area contributed by atoms with Crippen LogP contribution in [0.3, 0.4) is 0 Å². The highest BCUT2D eigenvalue weighted by Crippen LogP contribution is 2.02. The van der Waals surface area contributed by atoms with E-state index in [0.29, 0.717) is 5.69 Å². The molecule has 176 valence electrons. The van der Waals surface area contributed by atoms with Crippen molar-refractivity contribution in [1.82, 2.24) is 25.9 Å². The molecule has 0 aliphatic heterocycles. The highest BCUT2D eigenvalue weighted by Gasteiger charge is 2.30. The van der Waals surface area contributed by atoms with E-state index in [9.17, 15) is 28.8 Å². The van der Waals surface area contributed by atoms with Crippen LogP contribution in [-0.2, 0) is 35.2 Å². The number of H-pyrrole nitrogens is 1. The zero-order valence-corrected chi connectivity index (χ0v) is 16.9. The minimum Gasteiger partial charge on any atom is -0.481 e. The first-order valence-electron chi connectivity index (χ1n) is 9.21. The smallest absolute Gasteiger partial charge is 0.326 e. The Labute approximate surface area is 180 Å². The lowest BCUT2D eigenvalue weighted by Crippen LogP contribution is -2.57. The van der Waals surface area contributed by atoms with Gasteiger partial charge in [0.2, 0.25) is 17.7 Å². The summed E-state index contributed by atoms with van der Waals surface area (Å²) in [6.45, 7) is 1.26. The van der Waals surface area contributed by atoms with Crippen molar-refractivity contribution < 1.29 is 44.1 Å². The molecule has 0 radical (unpaired) electrons. The van der Waals surface area contributed by atoms with Gasteiger partial charge in [0.05, 0.1) is 25.2 Å². The van der Waals surface area contributed by atoms with Crippen LogP contribution in [0.2, 0.25) is 0 Å². The number of imidazole rings is 1. The number of carboxylic acids is 3. The summed E-state index contributed by atoms with van der Waals surface area (Å²) in [6.07, 6.45) is 0.957. The number of carbonyl (C=O) groups excluding carboxylic acids is 3. The van der Waals surface area contributed by atoms with Crippen LogP contribution in [0.15, 0.2) is 12.5 Å². The average molecular weight is 456 g/mol. The van der Waals surface area contributed by atoms with Gasteiger partial charge >= 0.3 is 17.9 Å². The van der Waals surface area contributed by atoms with Gasteiger partial charge in [-0.15, -0.1) is 0 Å². The Morgan fingerprint density at radius 2 is 1.53 bits per heavy atom. The molecule has 0 spiro atoms. The quantitative estimate of drug-likeness (QED) is 0.146. The Morgan fingerprint density at radius 3 is 2.03 bits per heavy atom. The van der Waals surface area contributed by atoms with Crippen LogP contribution < -0.4 is 21.7 Å². The number of aromatic amines is 1. The molecule has 1 aromatic heterocycles. The van der Waals surface area contributed by atoms with Crippen LogP contribution in [-0.4, -0.2) is 85.1 Å². The van der Waals surface area contributed by atoms with E-state index in [1.165, 1.54) is 19.4 Å². The third-order valence-corrected chi connectivity index (χ3v) is 4.09. The molecule has 0 bridgehead atoms. The number of aromatic nitrogens is 2. The maximum absolute atomic E-state index is 12.6. The highest BCUT2D eigenvalue weighted by atomic mass is 16.4. The second-order valence-electron chi connectivity index (χ2n) is 6.77. The van der Waals surface area contributed by atoms with Crippen LogP contribution in [0, 0.1) is 0 Å². The second kappa shape index (κ2) is 12.0. The minimum atomic E-state index is -1.74. The largest absolute Gasteiger partial charge is 0.481 e. The van der Waals surface area contributed by atoms with Crippen LogP contribution >= 0.6 is 0 Å². The van der Waals surface area contributed by atoms with E-state index in [-0.39, 0.29) is 6.42 Å². The number of rotatable bonds is 13. The molecule has 4 atom stereocenters. The van der Waals surface area contributed by atoms with Gasteiger partial charge < -0.3 is 42.0 Å². The van der Waals surface area contributed by atoms with Crippen LogP contribution in [0.25, 0.3) is 0 Å². The Balaban J connectivity index is 2.89. The molecule has 0 saturated heterocycles. The van der Waals surface area contributed by atoms with Crippen molar-refractivity contribution in [2.75, 3.05) is 0 Å². The third kappa shape index (κ3) is 8.78. The summed E-state index contributed by atoms with van der Waals surface area (Å²) in [6, 6.07) is -5.73. The molecule has 0 aliphatic rings. The second-order valence-corrected chi connectivity index (χ2v) is 6.77. The number of carbonyl (C=O) groups is 6. The topological polar surface area (TPSA) is 254 Å². The fourth-order valence-electron chi connectivity index (χ4n) is 2.44. The van der Waals surface area contributed by atoms with Gasteiger partial charge in [-0.3, -0.25) is 24.0 Å². The van der Waals surface area contributed by atoms with Gasteiger partial charge in [0, 0.05) is 18.3 Å². The van der Waals surface area contributed by atoms with Crippen molar-refractivity contribution in [3.63, 3.8) is 0 Å². The molecule has 0 aromatic carbocycles. The van der Waals surface area contributed by atoms with E-state index < -0.39 is 72.6 Å². The molecule has 32 heavy (non-hydrogen) atoms. The molecule has 0 saturated carbocycles. The molecule has 3 amide bonds. The summed E-state index contributed by atoms with van der Waals surface area (Å²) < 4.78 is 0. The van der Waals surface area contributed by atoms with Gasteiger partial charge in [-0.05, 0) is 6.92 Å². The number of hydrogen-bond acceptors (Lipinski definition) is 8. The Morgan fingerprint density at radius 1 is 0.938 bits per heavy atom. The average Bonchev–Trinajstić information content (AvgIpc) is 3.18. The van der Waals surface area contributed by atoms with Gasteiger partial charge in [-0.25, -0.2) is 9.78 Å². The van der Waals surface area contributed by atoms with Gasteiger partial charge in [-0.1, -0.05) is 0 Å². The molecule has 1 heterocycles. The standard InChI is InChI=1S/C17H24N6O9/c1-7(21-15(29)9(18)3-12(24)25)14(28)22-10(2-8-5-19-6-20-8)16(30)23-11(17(31)32)4-13(26)27/h5-7,9-11H,2-4,18H2,1H3,(H,19,20)(H,21,29)(H,22,28)(H,23,30)(H,24,25)(H,26,27)(H,31,32). The molecule has 1 rings (SSSR count). The lowest BCUT2D eigenvalue weighted by atomic mass is 10.1. The Bertz CT molecular complexity index is 857. The number of amides is 3. The minimum absolute atomic E-state index is 0.157. The van der Waals surface area contributed by atoms with Crippen LogP contribution in [0.5, 0.6) is 0 Å². The number of nitrogens with one attached hydrogen (secondary N) is 4. The molecular weight excluding hydrogens is 432 g/mol. The van der Waals surface area contributed by atoms with Crippen molar-refractivity contribution >= 4 is 35.6 Å². The molecule has 4 unspecified atom stereocenters. The number of carboxylic acid groups (broad SMARTS) is 3. The zero-order chi connectivity index (χ0) is 24.4. The Hall–Kier alpha value is -4.01. The fraction of sp³-hybridized carbons (Fsp3) is 0.471. The van der Waals surface area contributed by atoms with E-state index in [1.54, 1.807) is 0 Å². The lowest BCUT2D eigenvalue weighted by Gasteiger charge is -2.23. The predicted molar refractivity (Wildman–Crippen MR) is 104 cm³/mol. The van der Waals surface area contributed by atoms with E-state index >= 15 is 0 Å². The van der Waals surface area contributed by atoms with Crippen molar-refractivity contribution in [2.24, 2.45) is 5.73 Å². The summed E-state index contributed by atoms with van der Waals surface area (Å²) in [4.78, 5) is 76.1. The maximum Gasteiger partial charge on any atom is 0.326 e. The van der Waals surface area contributed by atoms with Gasteiger partial charge in [0.15, 0.2) is 0 Å². The zero-order valence-electron chi connectivity index (χ0n) is 16.9. The van der Waals surface area contributed by atoms with E-state index in [0.717, 1.165) is 0 Å². The molecule has 9 N–H and O–H groups in total. The molecule has 1 aromatic rings. The predicted octanol–water partition coefficient (Wildman–Crippen LogP) is -3.21. The number of nitrogens with two attached hydrogens (primary N) is 1.